The van der Waals surface area contributed by atoms with Crippen LogP contribution < -0.4 is 33.3 Å². The van der Waals surface area contributed by atoms with Crippen LogP contribution in [-0.4, -0.2) is 11.1 Å². The van der Waals surface area contributed by atoms with Gasteiger partial charge in [0.1, 0.15) is 0 Å². The molecule has 14 heteroatoms. The van der Waals surface area contributed by atoms with Crippen molar-refractivity contribution in [2.45, 2.75) is 196 Å². The van der Waals surface area contributed by atoms with E-state index in [2.05, 4.69) is 441 Å². The van der Waals surface area contributed by atoms with Crippen LogP contribution in [-0.2, 0) is 32.5 Å². The summed E-state index contributed by atoms with van der Waals surface area (Å²) < 4.78 is 0. The molecule has 92 heavy (non-hydrogen) atoms. The van der Waals surface area contributed by atoms with Gasteiger partial charge in [-0.2, -0.15) is 0 Å². The standard InChI is InChI=1S/C39H48N2.C20H27N.C19H22ClN.I9/c1-27-22-32(26-33(23-27)41-35-21-13-12-20-34(35)38(8,9)39(41,10)11)40(30-18-14-16-28(24-30)36(2,3)4)31-19-15-17-29(25-31)37(5,6)7;1-19(2,3)15-9-7-11-17(13-15)21-18-12-8-10-16(14-18)20(4,5)6;1-13-10-14(20)12-15(11-13)21-17-9-7-6-8-16(17)18(2,3)19(21,4)5;1-6-8(4)9(5)7(2)3/h12-26H,1-11H3;7-14,21H,1-6H3;6-12H,1-5H3;/q;;;-1. The van der Waals surface area contributed by atoms with Gasteiger partial charge < -0.3 is 20.0 Å². The minimum absolute atomic E-state index is 0.00469. The molecule has 0 saturated heterocycles. The van der Waals surface area contributed by atoms with Crippen molar-refractivity contribution >= 4 is 180 Å². The van der Waals surface area contributed by atoms with E-state index in [4.69, 9.17) is 11.6 Å². The summed E-state index contributed by atoms with van der Waals surface area (Å²) in [6, 6.07) is 66.5. The molecular formula is C78H97ClI9N4-. The summed E-state index contributed by atoms with van der Waals surface area (Å²) in [5, 5.41) is 4.32. The van der Waals surface area contributed by atoms with Crippen LogP contribution in [0, 0.1) is 13.8 Å². The molecule has 4 nitrogen and oxygen atoms in total. The quantitative estimate of drug-likeness (QED) is 0.138. The maximum atomic E-state index is 6.29. The molecule has 0 aliphatic carbocycles. The summed E-state index contributed by atoms with van der Waals surface area (Å²) in [7, 11) is -0.795. The van der Waals surface area contributed by atoms with Gasteiger partial charge in [-0.25, -0.2) is 0 Å². The fraction of sp³-hybridized carbons (Fsp3) is 0.385. The van der Waals surface area contributed by atoms with Crippen LogP contribution in [0.2, 0.25) is 5.02 Å². The molecule has 1 N–H and O–H groups in total. The van der Waals surface area contributed by atoms with Crippen molar-refractivity contribution in [3.05, 3.63) is 232 Å². The number of hydrogen-bond donors (Lipinski definition) is 1. The third kappa shape index (κ3) is 18.9. The Hall–Kier alpha value is -0.180. The molecule has 500 valence electrons. The number of rotatable bonds is 10. The summed E-state index contributed by atoms with van der Waals surface area (Å²) in [5.41, 5.74) is 21.8. The Morgan fingerprint density at radius 3 is 1.14 bits per heavy atom. The zero-order valence-electron chi connectivity index (χ0n) is 57.9. The second kappa shape index (κ2) is 31.8. The zero-order valence-corrected chi connectivity index (χ0v) is 78.1. The van der Waals surface area contributed by atoms with Gasteiger partial charge >= 0.3 is 130 Å². The second-order valence-electron chi connectivity index (χ2n) is 30.3. The number of nitrogens with zero attached hydrogens (tertiary/aromatic N) is 3. The van der Waals surface area contributed by atoms with Crippen molar-refractivity contribution in [2.24, 2.45) is 0 Å². The molecule has 0 amide bonds. The molecule has 8 aromatic carbocycles. The number of aryl methyl sites for hydroxylation is 2. The summed E-state index contributed by atoms with van der Waals surface area (Å²) in [6.07, 6.45) is 0. The van der Waals surface area contributed by atoms with Crippen molar-refractivity contribution < 1.29 is 13.3 Å². The molecule has 0 atom stereocenters. The number of halogens is 10. The Labute approximate surface area is 629 Å². The van der Waals surface area contributed by atoms with E-state index in [1.54, 1.807) is 0 Å². The fourth-order valence-electron chi connectivity index (χ4n) is 12.0. The van der Waals surface area contributed by atoms with E-state index >= 15 is 0 Å². The molecule has 0 fully saturated rings. The summed E-state index contributed by atoms with van der Waals surface area (Å²) in [4.78, 5) is 7.44. The van der Waals surface area contributed by atoms with Gasteiger partial charge in [-0.15, -0.1) is 0 Å². The molecule has 0 unspecified atom stereocenters. The molecule has 0 radical (unpaired) electrons. The second-order valence-corrected chi connectivity index (χ2v) is 193. The van der Waals surface area contributed by atoms with Gasteiger partial charge in [0.2, 0.25) is 0 Å². The Morgan fingerprint density at radius 2 is 0.783 bits per heavy atom. The van der Waals surface area contributed by atoms with E-state index in [0.29, 0.717) is 13.3 Å². The van der Waals surface area contributed by atoms with Gasteiger partial charge in [0.25, 0.3) is 0 Å². The zero-order chi connectivity index (χ0) is 68.5. The van der Waals surface area contributed by atoms with Crippen molar-refractivity contribution in [2.75, 3.05) is 20.0 Å². The molecule has 10 rings (SSSR count). The first-order valence-corrected chi connectivity index (χ1v) is 81.9. The van der Waals surface area contributed by atoms with Crippen molar-refractivity contribution in [3.8, 4) is 0 Å². The van der Waals surface area contributed by atoms with E-state index in [1.807, 2.05) is 6.07 Å². The average molecular weight is 2270 g/mol. The summed E-state index contributed by atoms with van der Waals surface area (Å²) in [6.45, 7) is 50.3. The SMILES string of the molecule is CC(C)(C)c1cccc(Nc2cccc(C(C)(C)C)c2)c1.Cc1cc(Cl)cc(N2c3ccccc3C(C)(C)C2(C)C)c1.Cc1cc(N(c2cccc(C(C)(C)C)c2)c2cccc(C(C)(C)C)c2)cc(N2c3ccccc3C(C)(C)C2(C)C)c1.I[I-]I(I)I(I)I(I)I. The van der Waals surface area contributed by atoms with Gasteiger partial charge in [0.05, 0.1) is 0 Å². The number of benzene rings is 8. The molecule has 2 heterocycles. The van der Waals surface area contributed by atoms with Gasteiger partial charge in [0.15, 0.2) is 0 Å². The first-order chi connectivity index (χ1) is 42.5. The minimum atomic E-state index is -0.324. The normalized spacial score (nSPS) is 15.7. The summed E-state index contributed by atoms with van der Waals surface area (Å²) in [5.74, 6) is 0. The molecule has 0 saturated carbocycles. The maximum absolute atomic E-state index is 6.29. The van der Waals surface area contributed by atoms with Crippen molar-refractivity contribution in [1.29, 1.82) is 0 Å². The number of para-hydroxylation sites is 2. The molecule has 0 aromatic heterocycles. The molecule has 0 spiro atoms. The van der Waals surface area contributed by atoms with E-state index in [9.17, 15) is 0 Å². The van der Waals surface area contributed by atoms with Crippen LogP contribution in [0.15, 0.2) is 182 Å². The number of nitrogens with one attached hydrogen (secondary N) is 1. The number of fused-ring (bicyclic) bond motifs is 2. The van der Waals surface area contributed by atoms with Crippen LogP contribution in [0.25, 0.3) is 0 Å². The summed E-state index contributed by atoms with van der Waals surface area (Å²) >= 11 is 20.9. The Kier molecular flexibility index (Phi) is 27.3. The Balaban J connectivity index is 0.000000198. The van der Waals surface area contributed by atoms with Crippen molar-refractivity contribution in [3.63, 3.8) is 0 Å². The van der Waals surface area contributed by atoms with E-state index < -0.39 is 0 Å². The molecule has 2 aliphatic rings. The average Bonchev–Trinajstić information content (AvgIpc) is 1.56. The predicted octanol–water partition coefficient (Wildman–Crippen LogP) is 27.2. The molecule has 8 aromatic rings. The van der Waals surface area contributed by atoms with Gasteiger partial charge in [-0.1, -0.05) is 207 Å². The molecule has 0 bridgehead atoms. The third-order valence-corrected chi connectivity index (χ3v) is 432. The first-order valence-electron chi connectivity index (χ1n) is 31.2. The predicted molar refractivity (Wildman–Crippen MR) is 477 cm³/mol. The Morgan fingerprint density at radius 1 is 0.424 bits per heavy atom. The monoisotopic (exact) mass is 2270 g/mol. The van der Waals surface area contributed by atoms with Crippen LogP contribution in [0.5, 0.6) is 0 Å². The van der Waals surface area contributed by atoms with Crippen LogP contribution in [0.1, 0.15) is 183 Å². The number of hydrogen-bond acceptors (Lipinski definition) is 4. The third-order valence-electron chi connectivity index (χ3n) is 18.6. The van der Waals surface area contributed by atoms with E-state index in [-0.39, 0.29) is 67.3 Å². The van der Waals surface area contributed by atoms with Crippen LogP contribution in [0.3, 0.4) is 0 Å². The number of anilines is 9. The van der Waals surface area contributed by atoms with E-state index in [1.165, 1.54) is 84.3 Å². The first kappa shape index (κ1) is 79.1. The van der Waals surface area contributed by atoms with Gasteiger partial charge in [-0.05, 0) is 205 Å². The van der Waals surface area contributed by atoms with Crippen LogP contribution in [0.4, 0.5) is 51.2 Å². The fourth-order valence-corrected chi connectivity index (χ4v) is 641. The molecular weight excluding hydrogens is 2170 g/mol. The van der Waals surface area contributed by atoms with Gasteiger partial charge in [0, 0.05) is 78.1 Å². The Bertz CT molecular complexity index is 3700. The van der Waals surface area contributed by atoms with E-state index in [0.717, 1.165) is 16.4 Å². The van der Waals surface area contributed by atoms with Crippen LogP contribution >= 0.6 is 128 Å². The topological polar surface area (TPSA) is 21.8 Å². The van der Waals surface area contributed by atoms with Gasteiger partial charge in [-0.3, -0.25) is 0 Å². The molecule has 2 aliphatic heterocycles. The van der Waals surface area contributed by atoms with Crippen molar-refractivity contribution in [1.82, 2.24) is 0 Å².